The second kappa shape index (κ2) is 13.5. The summed E-state index contributed by atoms with van der Waals surface area (Å²) in [4.78, 5) is 23.2. The highest BCUT2D eigenvalue weighted by atomic mass is 16.1. The van der Waals surface area contributed by atoms with E-state index < -0.39 is 0 Å². The van der Waals surface area contributed by atoms with Crippen LogP contribution < -0.4 is 5.69 Å². The molecule has 10 rings (SSSR count). The number of imidazole rings is 1. The largest absolute Gasteiger partial charge is 0.328 e. The van der Waals surface area contributed by atoms with Crippen LogP contribution in [0.3, 0.4) is 0 Å². The highest BCUT2D eigenvalue weighted by Crippen LogP contribution is 2.44. The van der Waals surface area contributed by atoms with Gasteiger partial charge in [-0.25, -0.2) is 14.8 Å². The van der Waals surface area contributed by atoms with Crippen LogP contribution in [0.2, 0.25) is 0 Å². The minimum absolute atomic E-state index is 0.0475. The first-order valence-electron chi connectivity index (χ1n) is 18.8. The molecule has 0 N–H and O–H groups in total. The Morgan fingerprint density at radius 2 is 0.875 bits per heavy atom. The lowest BCUT2D eigenvalue weighted by atomic mass is 9.85. The summed E-state index contributed by atoms with van der Waals surface area (Å²) in [5.74, 6) is 0.655. The Hall–Kier alpha value is -7.37. The molecule has 0 aliphatic heterocycles. The van der Waals surface area contributed by atoms with Crippen molar-refractivity contribution in [3.63, 3.8) is 0 Å². The number of aromatic nitrogens is 4. The number of hydrogen-bond acceptors (Lipinski definition) is 3. The standard InChI is InChI=1S/C51H36N4O/c1-54-46-29-28-35(31-47(46)55(2)51(54)56)38-22-9-10-23-39(38)45-32-44(52-50(53-45)34-18-7-4-8-19-34)36-20-15-21-37(30-36)49-42-26-13-11-24-40(42)48(33-16-5-3-6-17-33)41-25-12-14-27-43(41)49/h3-32H,1-2H3. The summed E-state index contributed by atoms with van der Waals surface area (Å²) >= 11 is 0. The molecule has 0 spiro atoms. The van der Waals surface area contributed by atoms with Crippen LogP contribution in [0.25, 0.3) is 99.9 Å². The molecule has 10 aromatic rings. The van der Waals surface area contributed by atoms with Crippen molar-refractivity contribution in [2.24, 2.45) is 14.1 Å². The Morgan fingerprint density at radius 3 is 1.54 bits per heavy atom. The van der Waals surface area contributed by atoms with Gasteiger partial charge in [0.2, 0.25) is 0 Å². The van der Waals surface area contributed by atoms with Crippen LogP contribution in [0.4, 0.5) is 0 Å². The second-order valence-electron chi connectivity index (χ2n) is 14.3. The average molecular weight is 721 g/mol. The van der Waals surface area contributed by atoms with Gasteiger partial charge < -0.3 is 0 Å². The summed E-state index contributed by atoms with van der Waals surface area (Å²) in [6, 6.07) is 63.8. The number of benzene rings is 8. The van der Waals surface area contributed by atoms with Crippen molar-refractivity contribution in [2.45, 2.75) is 0 Å². The van der Waals surface area contributed by atoms with E-state index in [1.165, 1.54) is 38.2 Å². The van der Waals surface area contributed by atoms with E-state index in [4.69, 9.17) is 9.97 Å². The van der Waals surface area contributed by atoms with E-state index in [1.807, 2.05) is 38.4 Å². The zero-order valence-electron chi connectivity index (χ0n) is 31.0. The first-order valence-corrected chi connectivity index (χ1v) is 18.8. The van der Waals surface area contributed by atoms with Gasteiger partial charge in [0.1, 0.15) is 0 Å². The highest BCUT2D eigenvalue weighted by molar-refractivity contribution is 6.21. The van der Waals surface area contributed by atoms with Crippen LogP contribution in [0, 0.1) is 0 Å². The average Bonchev–Trinajstić information content (AvgIpc) is 3.48. The fourth-order valence-electron chi connectivity index (χ4n) is 8.27. The molecule has 0 bridgehead atoms. The van der Waals surface area contributed by atoms with Crippen molar-refractivity contribution in [1.82, 2.24) is 19.1 Å². The molecule has 266 valence electrons. The summed E-state index contributed by atoms with van der Waals surface area (Å²) in [5.41, 5.74) is 13.1. The van der Waals surface area contributed by atoms with Gasteiger partial charge in [-0.05, 0) is 79.2 Å². The van der Waals surface area contributed by atoms with E-state index in [-0.39, 0.29) is 5.69 Å². The third-order valence-electron chi connectivity index (χ3n) is 11.0. The first kappa shape index (κ1) is 33.2. The lowest BCUT2D eigenvalue weighted by molar-refractivity contribution is 0.795. The molecule has 5 heteroatoms. The molecule has 0 aliphatic carbocycles. The maximum Gasteiger partial charge on any atom is 0.328 e. The Kier molecular flexibility index (Phi) is 8.00. The smallest absolute Gasteiger partial charge is 0.295 e. The van der Waals surface area contributed by atoms with Crippen LogP contribution in [0.1, 0.15) is 0 Å². The van der Waals surface area contributed by atoms with E-state index in [1.54, 1.807) is 9.13 Å². The van der Waals surface area contributed by atoms with Crippen LogP contribution in [-0.4, -0.2) is 19.1 Å². The van der Waals surface area contributed by atoms with Gasteiger partial charge in [-0.15, -0.1) is 0 Å². The molecule has 8 aromatic carbocycles. The molecule has 0 amide bonds. The maximum absolute atomic E-state index is 12.8. The Balaban J connectivity index is 1.17. The van der Waals surface area contributed by atoms with E-state index in [2.05, 4.69) is 158 Å². The third kappa shape index (κ3) is 5.52. The highest BCUT2D eigenvalue weighted by Gasteiger charge is 2.19. The number of nitrogens with zero attached hydrogens (tertiary/aromatic N) is 4. The molecule has 56 heavy (non-hydrogen) atoms. The van der Waals surface area contributed by atoms with Gasteiger partial charge in [-0.2, -0.15) is 0 Å². The van der Waals surface area contributed by atoms with Crippen LogP contribution in [0.15, 0.2) is 187 Å². The first-order chi connectivity index (χ1) is 27.5. The molecule has 0 radical (unpaired) electrons. The molecule has 0 unspecified atom stereocenters. The van der Waals surface area contributed by atoms with Gasteiger partial charge in [0.05, 0.1) is 22.4 Å². The summed E-state index contributed by atoms with van der Waals surface area (Å²) in [5, 5.41) is 4.85. The quantitative estimate of drug-likeness (QED) is 0.161. The van der Waals surface area contributed by atoms with Gasteiger partial charge in [0.25, 0.3) is 0 Å². The number of aryl methyl sites for hydroxylation is 2. The topological polar surface area (TPSA) is 52.7 Å². The molecular formula is C51H36N4O. The maximum atomic E-state index is 12.8. The zero-order valence-corrected chi connectivity index (χ0v) is 31.0. The monoisotopic (exact) mass is 720 g/mol. The Labute approximate surface area is 324 Å². The SMILES string of the molecule is Cn1c(=O)n(C)c2cc(-c3ccccc3-c3cc(-c4cccc(-c5c6ccccc6c(-c6ccccc6)c6ccccc56)c4)nc(-c4ccccc4)n3)ccc21. The van der Waals surface area contributed by atoms with Crippen molar-refractivity contribution in [3.8, 4) is 67.3 Å². The van der Waals surface area contributed by atoms with Crippen LogP contribution in [0.5, 0.6) is 0 Å². The lowest BCUT2D eigenvalue weighted by Gasteiger charge is -2.18. The van der Waals surface area contributed by atoms with Gasteiger partial charge in [0.15, 0.2) is 5.82 Å². The normalized spacial score (nSPS) is 11.5. The summed E-state index contributed by atoms with van der Waals surface area (Å²) in [6.45, 7) is 0. The van der Waals surface area contributed by atoms with E-state index in [0.717, 1.165) is 55.8 Å². The van der Waals surface area contributed by atoms with Crippen LogP contribution in [-0.2, 0) is 14.1 Å². The molecule has 0 atom stereocenters. The van der Waals surface area contributed by atoms with Crippen LogP contribution >= 0.6 is 0 Å². The lowest BCUT2D eigenvalue weighted by Crippen LogP contribution is -2.19. The summed E-state index contributed by atoms with van der Waals surface area (Å²) in [6.07, 6.45) is 0. The van der Waals surface area contributed by atoms with Crippen molar-refractivity contribution in [1.29, 1.82) is 0 Å². The Morgan fingerprint density at radius 1 is 0.375 bits per heavy atom. The summed E-state index contributed by atoms with van der Waals surface area (Å²) < 4.78 is 3.39. The fraction of sp³-hybridized carbons (Fsp3) is 0.0392. The molecule has 0 fully saturated rings. The molecular weight excluding hydrogens is 685 g/mol. The van der Waals surface area contributed by atoms with Crippen molar-refractivity contribution < 1.29 is 0 Å². The van der Waals surface area contributed by atoms with Gasteiger partial charge >= 0.3 is 5.69 Å². The minimum Gasteiger partial charge on any atom is -0.295 e. The van der Waals surface area contributed by atoms with Gasteiger partial charge in [-0.3, -0.25) is 9.13 Å². The van der Waals surface area contributed by atoms with Crippen molar-refractivity contribution in [2.75, 3.05) is 0 Å². The Bertz CT molecular complexity index is 3120. The molecule has 5 nitrogen and oxygen atoms in total. The number of rotatable bonds is 6. The molecule has 0 saturated heterocycles. The van der Waals surface area contributed by atoms with E-state index >= 15 is 0 Å². The van der Waals surface area contributed by atoms with Gasteiger partial charge in [0, 0.05) is 30.8 Å². The molecule has 2 heterocycles. The third-order valence-corrected chi connectivity index (χ3v) is 11.0. The summed E-state index contributed by atoms with van der Waals surface area (Å²) in [7, 11) is 3.63. The second-order valence-corrected chi connectivity index (χ2v) is 14.3. The predicted octanol–water partition coefficient (Wildman–Crippen LogP) is 12.0. The number of hydrogen-bond donors (Lipinski definition) is 0. The molecule has 2 aromatic heterocycles. The van der Waals surface area contributed by atoms with Crippen molar-refractivity contribution >= 4 is 32.6 Å². The van der Waals surface area contributed by atoms with Gasteiger partial charge in [-0.1, -0.05) is 158 Å². The molecule has 0 saturated carbocycles. The van der Waals surface area contributed by atoms with Crippen molar-refractivity contribution in [3.05, 3.63) is 192 Å². The fourth-order valence-corrected chi connectivity index (χ4v) is 8.27. The minimum atomic E-state index is -0.0475. The van der Waals surface area contributed by atoms with E-state index in [0.29, 0.717) is 5.82 Å². The predicted molar refractivity (Wildman–Crippen MR) is 231 cm³/mol. The molecule has 0 aliphatic rings. The van der Waals surface area contributed by atoms with E-state index in [9.17, 15) is 4.79 Å². The number of fused-ring (bicyclic) bond motifs is 3. The zero-order chi connectivity index (χ0) is 37.8.